The van der Waals surface area contributed by atoms with Gasteiger partial charge in [-0.3, -0.25) is 14.2 Å². The maximum atomic E-state index is 12.9. The Bertz CT molecular complexity index is 947. The fourth-order valence-corrected chi connectivity index (χ4v) is 3.06. The molecule has 1 amide bonds. The van der Waals surface area contributed by atoms with Crippen LogP contribution in [0.4, 0.5) is 0 Å². The first-order chi connectivity index (χ1) is 11.2. The Labute approximate surface area is 132 Å². The van der Waals surface area contributed by atoms with E-state index in [4.69, 9.17) is 0 Å². The number of fused-ring (bicyclic) bond motifs is 2. The van der Waals surface area contributed by atoms with Crippen molar-refractivity contribution in [2.45, 2.75) is 19.0 Å². The van der Waals surface area contributed by atoms with Crippen molar-refractivity contribution in [3.63, 3.8) is 0 Å². The van der Waals surface area contributed by atoms with E-state index >= 15 is 0 Å². The van der Waals surface area contributed by atoms with Crippen LogP contribution in [-0.2, 0) is 17.8 Å². The number of hydrogen-bond donors (Lipinski definition) is 1. The van der Waals surface area contributed by atoms with Crippen molar-refractivity contribution >= 4 is 16.8 Å². The first-order valence-corrected chi connectivity index (χ1v) is 7.56. The van der Waals surface area contributed by atoms with Crippen LogP contribution in [0.5, 0.6) is 0 Å². The summed E-state index contributed by atoms with van der Waals surface area (Å²) in [6.45, 7) is 0.282. The topological polar surface area (TPSA) is 64.0 Å². The van der Waals surface area contributed by atoms with E-state index in [-0.39, 0.29) is 18.0 Å². The minimum Gasteiger partial charge on any atom is -0.347 e. The van der Waals surface area contributed by atoms with Crippen LogP contribution in [-0.4, -0.2) is 15.5 Å². The Morgan fingerprint density at radius 2 is 1.78 bits per heavy atom. The molecule has 1 aliphatic rings. The molecule has 0 aliphatic carbocycles. The van der Waals surface area contributed by atoms with Crippen LogP contribution < -0.4 is 10.9 Å². The Morgan fingerprint density at radius 3 is 2.61 bits per heavy atom. The molecule has 4 rings (SSSR count). The normalized spacial score (nSPS) is 16.9. The Balaban J connectivity index is 1.88. The van der Waals surface area contributed by atoms with Gasteiger partial charge in [-0.15, -0.1) is 0 Å². The third-order valence-corrected chi connectivity index (χ3v) is 4.19. The van der Waals surface area contributed by atoms with Crippen molar-refractivity contribution in [1.82, 2.24) is 14.9 Å². The molecule has 1 N–H and O–H groups in total. The molecule has 1 atom stereocenters. The predicted octanol–water partition coefficient (Wildman–Crippen LogP) is 1.81. The van der Waals surface area contributed by atoms with Crippen LogP contribution >= 0.6 is 0 Å². The van der Waals surface area contributed by atoms with Gasteiger partial charge in [-0.2, -0.15) is 0 Å². The van der Waals surface area contributed by atoms with Gasteiger partial charge in [0.05, 0.1) is 17.4 Å². The van der Waals surface area contributed by atoms with E-state index in [1.807, 2.05) is 48.5 Å². The first-order valence-electron chi connectivity index (χ1n) is 7.56. The summed E-state index contributed by atoms with van der Waals surface area (Å²) in [6.07, 6.45) is 0.472. The molecule has 5 heteroatoms. The van der Waals surface area contributed by atoms with Crippen LogP contribution in [0.15, 0.2) is 59.4 Å². The summed E-state index contributed by atoms with van der Waals surface area (Å²) in [7, 11) is 0. The number of para-hydroxylation sites is 1. The standard InChI is InChI=1S/C18H15N3O2/c22-17-15(10-12-6-2-1-3-7-12)21-16(11-19-17)20-14-9-5-4-8-13(14)18(21)23/h1-9,15H,10-11H2,(H,19,22)/t15-/m0/s1. The minimum atomic E-state index is -0.564. The zero-order chi connectivity index (χ0) is 15.8. The Hall–Kier alpha value is -2.95. The molecule has 0 saturated carbocycles. The lowest BCUT2D eigenvalue weighted by Crippen LogP contribution is -2.45. The van der Waals surface area contributed by atoms with E-state index in [2.05, 4.69) is 10.3 Å². The van der Waals surface area contributed by atoms with Crippen molar-refractivity contribution in [2.75, 3.05) is 0 Å². The van der Waals surface area contributed by atoms with Crippen molar-refractivity contribution in [3.8, 4) is 0 Å². The Kier molecular flexibility index (Phi) is 3.19. The number of hydrogen-bond acceptors (Lipinski definition) is 3. The third kappa shape index (κ3) is 2.30. The summed E-state index contributed by atoms with van der Waals surface area (Å²) < 4.78 is 1.55. The second-order valence-corrected chi connectivity index (χ2v) is 5.64. The average Bonchev–Trinajstić information content (AvgIpc) is 2.59. The molecular formula is C18H15N3O2. The highest BCUT2D eigenvalue weighted by Gasteiger charge is 2.29. The highest BCUT2D eigenvalue weighted by molar-refractivity contribution is 5.83. The summed E-state index contributed by atoms with van der Waals surface area (Å²) in [5, 5.41) is 3.38. The van der Waals surface area contributed by atoms with Gasteiger partial charge in [0, 0.05) is 6.42 Å². The van der Waals surface area contributed by atoms with Crippen LogP contribution in [0.3, 0.4) is 0 Å². The average molecular weight is 305 g/mol. The van der Waals surface area contributed by atoms with E-state index in [9.17, 15) is 9.59 Å². The number of nitrogens with one attached hydrogen (secondary N) is 1. The van der Waals surface area contributed by atoms with E-state index in [1.54, 1.807) is 10.6 Å². The van der Waals surface area contributed by atoms with Gasteiger partial charge in [0.25, 0.3) is 5.56 Å². The summed E-state index contributed by atoms with van der Waals surface area (Å²) >= 11 is 0. The summed E-state index contributed by atoms with van der Waals surface area (Å²) in [6, 6.07) is 16.4. The molecule has 0 bridgehead atoms. The van der Waals surface area contributed by atoms with E-state index in [0.29, 0.717) is 23.1 Å². The second kappa shape index (κ2) is 5.35. The molecule has 1 aliphatic heterocycles. The quantitative estimate of drug-likeness (QED) is 0.785. The smallest absolute Gasteiger partial charge is 0.262 e. The number of amides is 1. The van der Waals surface area contributed by atoms with Crippen LogP contribution in [0.2, 0.25) is 0 Å². The maximum Gasteiger partial charge on any atom is 0.262 e. The molecule has 0 spiro atoms. The molecule has 5 nitrogen and oxygen atoms in total. The molecule has 1 aromatic heterocycles. The molecule has 3 aromatic rings. The third-order valence-electron chi connectivity index (χ3n) is 4.19. The minimum absolute atomic E-state index is 0.138. The number of nitrogens with zero attached hydrogens (tertiary/aromatic N) is 2. The number of benzene rings is 2. The van der Waals surface area contributed by atoms with Crippen LogP contribution in [0.25, 0.3) is 10.9 Å². The number of rotatable bonds is 2. The van der Waals surface area contributed by atoms with Gasteiger partial charge in [0.2, 0.25) is 5.91 Å². The lowest BCUT2D eigenvalue weighted by molar-refractivity contribution is -0.125. The van der Waals surface area contributed by atoms with Gasteiger partial charge in [0.15, 0.2) is 0 Å². The van der Waals surface area contributed by atoms with Gasteiger partial charge in [-0.1, -0.05) is 42.5 Å². The van der Waals surface area contributed by atoms with E-state index in [1.165, 1.54) is 0 Å². The molecule has 0 radical (unpaired) electrons. The SMILES string of the molecule is O=C1NCc2nc3ccccc3c(=O)n2[C@H]1Cc1ccccc1. The fraction of sp³-hybridized carbons (Fsp3) is 0.167. The van der Waals surface area contributed by atoms with Crippen LogP contribution in [0.1, 0.15) is 17.4 Å². The van der Waals surface area contributed by atoms with Gasteiger partial charge in [0.1, 0.15) is 11.9 Å². The van der Waals surface area contributed by atoms with Gasteiger partial charge >= 0.3 is 0 Å². The molecule has 2 aromatic carbocycles. The van der Waals surface area contributed by atoms with Crippen molar-refractivity contribution in [3.05, 3.63) is 76.3 Å². The number of carbonyl (C=O) groups excluding carboxylic acids is 1. The summed E-state index contributed by atoms with van der Waals surface area (Å²) in [5.74, 6) is 0.467. The fourth-order valence-electron chi connectivity index (χ4n) is 3.06. The largest absolute Gasteiger partial charge is 0.347 e. The molecule has 0 saturated heterocycles. The second-order valence-electron chi connectivity index (χ2n) is 5.64. The van der Waals surface area contributed by atoms with Gasteiger partial charge < -0.3 is 5.32 Å². The highest BCUT2D eigenvalue weighted by atomic mass is 16.2. The van der Waals surface area contributed by atoms with Gasteiger partial charge in [-0.25, -0.2) is 4.98 Å². The molecular weight excluding hydrogens is 290 g/mol. The zero-order valence-electron chi connectivity index (χ0n) is 12.4. The molecule has 23 heavy (non-hydrogen) atoms. The summed E-state index contributed by atoms with van der Waals surface area (Å²) in [5.41, 5.74) is 1.53. The van der Waals surface area contributed by atoms with Crippen molar-refractivity contribution < 1.29 is 4.79 Å². The lowest BCUT2D eigenvalue weighted by Gasteiger charge is -2.27. The van der Waals surface area contributed by atoms with Crippen molar-refractivity contribution in [2.24, 2.45) is 0 Å². The molecule has 0 unspecified atom stereocenters. The molecule has 114 valence electrons. The maximum absolute atomic E-state index is 12.9. The Morgan fingerprint density at radius 1 is 1.04 bits per heavy atom. The van der Waals surface area contributed by atoms with E-state index in [0.717, 1.165) is 5.56 Å². The van der Waals surface area contributed by atoms with Gasteiger partial charge in [-0.05, 0) is 17.7 Å². The van der Waals surface area contributed by atoms with Crippen molar-refractivity contribution in [1.29, 1.82) is 0 Å². The summed E-state index contributed by atoms with van der Waals surface area (Å²) in [4.78, 5) is 29.8. The molecule has 0 fully saturated rings. The molecule has 2 heterocycles. The number of carbonyl (C=O) groups is 1. The zero-order valence-corrected chi connectivity index (χ0v) is 12.4. The van der Waals surface area contributed by atoms with Crippen LogP contribution in [0, 0.1) is 0 Å². The predicted molar refractivity (Wildman–Crippen MR) is 87.0 cm³/mol. The highest BCUT2D eigenvalue weighted by Crippen LogP contribution is 2.20. The number of aromatic nitrogens is 2. The monoisotopic (exact) mass is 305 g/mol. The lowest BCUT2D eigenvalue weighted by atomic mass is 10.0. The van der Waals surface area contributed by atoms with E-state index < -0.39 is 6.04 Å². The first kappa shape index (κ1) is 13.7.